The first-order chi connectivity index (χ1) is 15.7. The second-order valence-corrected chi connectivity index (χ2v) is 9.42. The highest BCUT2D eigenvalue weighted by atomic mass is 32.2. The topological polar surface area (TPSA) is 105 Å². The van der Waals surface area contributed by atoms with Gasteiger partial charge in [-0.3, -0.25) is 19.2 Å². The molecule has 4 rings (SSSR count). The molecule has 3 aromatic rings. The van der Waals surface area contributed by atoms with E-state index in [0.717, 1.165) is 11.1 Å². The van der Waals surface area contributed by atoms with Crippen LogP contribution in [0, 0.1) is 13.8 Å². The average Bonchev–Trinajstić information content (AvgIpc) is 2.78. The highest BCUT2D eigenvalue weighted by molar-refractivity contribution is 7.92. The number of benzene rings is 3. The summed E-state index contributed by atoms with van der Waals surface area (Å²) in [5.41, 5.74) is 3.25. The Morgan fingerprint density at radius 1 is 1.03 bits per heavy atom. The number of aryl methyl sites for hydroxylation is 2. The second kappa shape index (κ2) is 8.95. The van der Waals surface area contributed by atoms with Gasteiger partial charge in [-0.05, 0) is 55.8 Å². The zero-order valence-electron chi connectivity index (χ0n) is 18.2. The van der Waals surface area contributed by atoms with Crippen molar-refractivity contribution < 1.29 is 22.7 Å². The van der Waals surface area contributed by atoms with Gasteiger partial charge in [0.05, 0.1) is 10.6 Å². The molecular weight excluding hydrogens is 442 g/mol. The lowest BCUT2D eigenvalue weighted by Gasteiger charge is -2.29. The van der Waals surface area contributed by atoms with Crippen LogP contribution in [-0.2, 0) is 19.6 Å². The molecule has 0 radical (unpaired) electrons. The van der Waals surface area contributed by atoms with E-state index < -0.39 is 21.8 Å². The van der Waals surface area contributed by atoms with E-state index in [4.69, 9.17) is 4.74 Å². The maximum Gasteiger partial charge on any atom is 0.265 e. The number of nitrogens with one attached hydrogen (secondary N) is 2. The van der Waals surface area contributed by atoms with Gasteiger partial charge in [0.15, 0.2) is 6.61 Å². The van der Waals surface area contributed by atoms with Gasteiger partial charge in [0.25, 0.3) is 15.9 Å². The van der Waals surface area contributed by atoms with Gasteiger partial charge >= 0.3 is 0 Å². The van der Waals surface area contributed by atoms with Crippen molar-refractivity contribution in [3.8, 4) is 5.75 Å². The van der Waals surface area contributed by atoms with Crippen LogP contribution in [0.25, 0.3) is 0 Å². The number of nitrogens with zero attached hydrogens (tertiary/aromatic N) is 1. The molecule has 8 nitrogen and oxygen atoms in total. The molecule has 0 saturated carbocycles. The van der Waals surface area contributed by atoms with E-state index in [0.29, 0.717) is 17.1 Å². The number of carbonyl (C=O) groups excluding carboxylic acids is 2. The highest BCUT2D eigenvalue weighted by Crippen LogP contribution is 2.34. The van der Waals surface area contributed by atoms with Crippen molar-refractivity contribution in [1.29, 1.82) is 0 Å². The molecule has 0 aromatic heterocycles. The van der Waals surface area contributed by atoms with Crippen molar-refractivity contribution >= 4 is 38.9 Å². The number of para-hydroxylation sites is 1. The van der Waals surface area contributed by atoms with Gasteiger partial charge in [-0.2, -0.15) is 0 Å². The minimum absolute atomic E-state index is 0.0526. The Morgan fingerprint density at radius 2 is 1.79 bits per heavy atom. The Kier molecular flexibility index (Phi) is 6.06. The number of anilines is 3. The van der Waals surface area contributed by atoms with Crippen molar-refractivity contribution in [2.75, 3.05) is 28.1 Å². The minimum Gasteiger partial charge on any atom is -0.482 e. The van der Waals surface area contributed by atoms with Crippen molar-refractivity contribution in [3.63, 3.8) is 0 Å². The maximum absolute atomic E-state index is 12.9. The standard InChI is InChI=1S/C24H23N3O5S/c1-16-8-10-20(17(2)12-16)25-23(28)14-27-21-13-19(9-11-22(21)32-15-24(27)29)33(30,31)26-18-6-4-3-5-7-18/h3-13,26H,14-15H2,1-2H3,(H,25,28). The van der Waals surface area contributed by atoms with Gasteiger partial charge in [0.2, 0.25) is 5.91 Å². The number of sulfonamides is 1. The second-order valence-electron chi connectivity index (χ2n) is 7.74. The van der Waals surface area contributed by atoms with Crippen LogP contribution >= 0.6 is 0 Å². The van der Waals surface area contributed by atoms with Crippen LogP contribution in [0.4, 0.5) is 17.1 Å². The predicted octanol–water partition coefficient (Wildman–Crippen LogP) is 3.47. The number of amides is 2. The van der Waals surface area contributed by atoms with Gasteiger partial charge in [-0.15, -0.1) is 0 Å². The summed E-state index contributed by atoms with van der Waals surface area (Å²) in [5.74, 6) is -0.518. The summed E-state index contributed by atoms with van der Waals surface area (Å²) >= 11 is 0. The van der Waals surface area contributed by atoms with Gasteiger partial charge in [0, 0.05) is 11.4 Å². The lowest BCUT2D eigenvalue weighted by Crippen LogP contribution is -2.43. The van der Waals surface area contributed by atoms with Crippen LogP contribution in [0.1, 0.15) is 11.1 Å². The molecule has 33 heavy (non-hydrogen) atoms. The van der Waals surface area contributed by atoms with E-state index in [-0.39, 0.29) is 23.7 Å². The van der Waals surface area contributed by atoms with Crippen LogP contribution in [0.5, 0.6) is 5.75 Å². The molecule has 0 bridgehead atoms. The fourth-order valence-electron chi connectivity index (χ4n) is 3.53. The molecule has 1 aliphatic rings. The molecule has 1 aliphatic heterocycles. The monoisotopic (exact) mass is 465 g/mol. The molecule has 3 aromatic carbocycles. The number of hydrogen-bond donors (Lipinski definition) is 2. The van der Waals surface area contributed by atoms with E-state index in [9.17, 15) is 18.0 Å². The highest BCUT2D eigenvalue weighted by Gasteiger charge is 2.29. The van der Waals surface area contributed by atoms with Crippen LogP contribution in [0.3, 0.4) is 0 Å². The molecule has 1 heterocycles. The first-order valence-electron chi connectivity index (χ1n) is 10.2. The van der Waals surface area contributed by atoms with E-state index in [1.165, 1.54) is 23.1 Å². The summed E-state index contributed by atoms with van der Waals surface area (Å²) in [4.78, 5) is 26.5. The first-order valence-corrected chi connectivity index (χ1v) is 11.7. The SMILES string of the molecule is Cc1ccc(NC(=O)CN2C(=O)COc3ccc(S(=O)(=O)Nc4ccccc4)cc32)c(C)c1. The van der Waals surface area contributed by atoms with Crippen LogP contribution in [-0.4, -0.2) is 33.4 Å². The average molecular weight is 466 g/mol. The van der Waals surface area contributed by atoms with Crippen LogP contribution in [0.15, 0.2) is 71.6 Å². The number of hydrogen-bond acceptors (Lipinski definition) is 5. The third-order valence-corrected chi connectivity index (χ3v) is 6.55. The fraction of sp³-hybridized carbons (Fsp3) is 0.167. The first kappa shape index (κ1) is 22.3. The van der Waals surface area contributed by atoms with Gasteiger partial charge in [-0.1, -0.05) is 35.9 Å². The molecule has 9 heteroatoms. The molecule has 2 amide bonds. The molecule has 170 valence electrons. The van der Waals surface area contributed by atoms with E-state index >= 15 is 0 Å². The normalized spacial score (nSPS) is 13.2. The summed E-state index contributed by atoms with van der Waals surface area (Å²) in [7, 11) is -3.92. The van der Waals surface area contributed by atoms with Crippen molar-refractivity contribution in [2.45, 2.75) is 18.7 Å². The molecule has 0 fully saturated rings. The summed E-state index contributed by atoms with van der Waals surface area (Å²) in [6.07, 6.45) is 0. The van der Waals surface area contributed by atoms with E-state index in [1.807, 2.05) is 26.0 Å². The molecule has 0 unspecified atom stereocenters. The molecule has 0 saturated heterocycles. The number of rotatable bonds is 6. The molecule has 0 spiro atoms. The largest absolute Gasteiger partial charge is 0.482 e. The van der Waals surface area contributed by atoms with Gasteiger partial charge < -0.3 is 10.1 Å². The van der Waals surface area contributed by atoms with Gasteiger partial charge in [-0.25, -0.2) is 8.42 Å². The molecular formula is C24H23N3O5S. The summed E-state index contributed by atoms with van der Waals surface area (Å²) in [5, 5.41) is 2.81. The Morgan fingerprint density at radius 3 is 2.52 bits per heavy atom. The maximum atomic E-state index is 12.9. The number of fused-ring (bicyclic) bond motifs is 1. The minimum atomic E-state index is -3.92. The summed E-state index contributed by atoms with van der Waals surface area (Å²) in [6.45, 7) is 3.32. The van der Waals surface area contributed by atoms with Crippen molar-refractivity contribution in [3.05, 3.63) is 77.9 Å². The lowest BCUT2D eigenvalue weighted by molar-refractivity contribution is -0.123. The Labute approximate surface area is 192 Å². The van der Waals surface area contributed by atoms with Crippen molar-refractivity contribution in [2.24, 2.45) is 0 Å². The van der Waals surface area contributed by atoms with Crippen LogP contribution in [0.2, 0.25) is 0 Å². The third kappa shape index (κ3) is 4.98. The Bertz CT molecular complexity index is 1320. The molecule has 0 aliphatic carbocycles. The lowest BCUT2D eigenvalue weighted by atomic mass is 10.1. The Balaban J connectivity index is 1.59. The van der Waals surface area contributed by atoms with E-state index in [2.05, 4.69) is 10.0 Å². The zero-order valence-corrected chi connectivity index (χ0v) is 19.0. The van der Waals surface area contributed by atoms with Crippen LogP contribution < -0.4 is 19.7 Å². The third-order valence-electron chi connectivity index (χ3n) is 5.17. The van der Waals surface area contributed by atoms with E-state index in [1.54, 1.807) is 36.4 Å². The molecule has 2 N–H and O–H groups in total. The smallest absolute Gasteiger partial charge is 0.265 e. The quantitative estimate of drug-likeness (QED) is 0.580. The summed E-state index contributed by atoms with van der Waals surface area (Å²) < 4.78 is 33.7. The number of ether oxygens (including phenoxy) is 1. The number of carbonyl (C=O) groups is 2. The van der Waals surface area contributed by atoms with Crippen molar-refractivity contribution in [1.82, 2.24) is 0 Å². The van der Waals surface area contributed by atoms with Gasteiger partial charge in [0.1, 0.15) is 12.3 Å². The Hall–Kier alpha value is -3.85. The zero-order chi connectivity index (χ0) is 23.6. The molecule has 0 atom stereocenters. The fourth-order valence-corrected chi connectivity index (χ4v) is 4.61. The predicted molar refractivity (Wildman–Crippen MR) is 126 cm³/mol. The summed E-state index contributed by atoms with van der Waals surface area (Å²) in [6, 6.07) is 18.3.